The van der Waals surface area contributed by atoms with Crippen LogP contribution in [0.2, 0.25) is 0 Å². The fraction of sp³-hybridized carbons (Fsp3) is 0.675. The summed E-state index contributed by atoms with van der Waals surface area (Å²) in [5.41, 5.74) is 0. The van der Waals surface area contributed by atoms with Crippen molar-refractivity contribution in [2.75, 3.05) is 6.61 Å². The Balaban J connectivity index is 3.59. The molecule has 0 aliphatic rings. The third kappa shape index (κ3) is 67.0. The minimum Gasteiger partial charge on any atom is -0.394 e. The number of hydrogen-bond acceptors (Lipinski definition) is 3. The number of rotatable bonds is 62. The van der Waals surface area contributed by atoms with Gasteiger partial charge in [0.25, 0.3) is 0 Å². The maximum atomic E-state index is 12.5. The van der Waals surface area contributed by atoms with Crippen LogP contribution in [-0.4, -0.2) is 34.9 Å². The molecule has 81 heavy (non-hydrogen) atoms. The highest BCUT2D eigenvalue weighted by atomic mass is 16.3. The van der Waals surface area contributed by atoms with Crippen LogP contribution in [0.3, 0.4) is 0 Å². The largest absolute Gasteiger partial charge is 0.394 e. The minimum atomic E-state index is -0.881. The summed E-state index contributed by atoms with van der Waals surface area (Å²) in [5.74, 6) is -0.0819. The first-order chi connectivity index (χ1) is 40.2. The number of aliphatic hydroxyl groups excluding tert-OH is 2. The summed E-state index contributed by atoms with van der Waals surface area (Å²) in [6.07, 6.45) is 111. The van der Waals surface area contributed by atoms with Crippen molar-refractivity contribution >= 4 is 5.91 Å². The number of amides is 1. The summed E-state index contributed by atoms with van der Waals surface area (Å²) < 4.78 is 0. The van der Waals surface area contributed by atoms with Crippen molar-refractivity contribution in [1.82, 2.24) is 5.32 Å². The molecule has 0 spiro atoms. The Morgan fingerprint density at radius 2 is 0.556 bits per heavy atom. The van der Waals surface area contributed by atoms with Crippen molar-refractivity contribution in [1.29, 1.82) is 0 Å². The van der Waals surface area contributed by atoms with Gasteiger partial charge in [-0.15, -0.1) is 0 Å². The van der Waals surface area contributed by atoms with E-state index in [1.807, 2.05) is 6.08 Å². The van der Waals surface area contributed by atoms with Gasteiger partial charge in [-0.1, -0.05) is 339 Å². The third-order valence-electron chi connectivity index (χ3n) is 15.0. The van der Waals surface area contributed by atoms with Crippen LogP contribution in [0.1, 0.15) is 316 Å². The van der Waals surface area contributed by atoms with E-state index in [0.717, 1.165) is 96.3 Å². The molecule has 3 N–H and O–H groups in total. The molecular weight excluding hydrogens is 987 g/mol. The number of unbranched alkanes of at least 4 members (excludes halogenated alkanes) is 33. The number of hydrogen-bond donors (Lipinski definition) is 3. The number of allylic oxidation sites excluding steroid dienone is 23. The fourth-order valence-electron chi connectivity index (χ4n) is 9.85. The van der Waals surface area contributed by atoms with Crippen LogP contribution in [0.15, 0.2) is 146 Å². The molecule has 0 aromatic rings. The van der Waals surface area contributed by atoms with Gasteiger partial charge in [-0.25, -0.2) is 0 Å². The molecule has 0 saturated heterocycles. The van der Waals surface area contributed by atoms with Crippen molar-refractivity contribution in [3.8, 4) is 0 Å². The quantitative estimate of drug-likeness (QED) is 0.0420. The van der Waals surface area contributed by atoms with E-state index >= 15 is 0 Å². The summed E-state index contributed by atoms with van der Waals surface area (Å²) in [6.45, 7) is 4.19. The first kappa shape index (κ1) is 77.3. The number of aliphatic hydroxyl groups is 2. The Labute approximate surface area is 503 Å². The van der Waals surface area contributed by atoms with Gasteiger partial charge in [-0.3, -0.25) is 4.79 Å². The van der Waals surface area contributed by atoms with Gasteiger partial charge in [0.15, 0.2) is 0 Å². The molecule has 462 valence electrons. The van der Waals surface area contributed by atoms with Crippen molar-refractivity contribution in [3.63, 3.8) is 0 Å². The van der Waals surface area contributed by atoms with Crippen LogP contribution in [0.4, 0.5) is 0 Å². The molecule has 4 nitrogen and oxygen atoms in total. The number of carbonyl (C=O) groups is 1. The van der Waals surface area contributed by atoms with E-state index in [4.69, 9.17) is 0 Å². The molecule has 1 amide bonds. The normalized spacial score (nSPS) is 13.7. The second-order valence-corrected chi connectivity index (χ2v) is 22.8. The summed E-state index contributed by atoms with van der Waals surface area (Å²) in [6, 6.07) is -0.657. The lowest BCUT2D eigenvalue weighted by molar-refractivity contribution is -0.123. The summed E-state index contributed by atoms with van der Waals surface area (Å²) in [5, 5.41) is 23.2. The minimum absolute atomic E-state index is 0.0819. The van der Waals surface area contributed by atoms with E-state index < -0.39 is 12.1 Å². The molecule has 0 heterocycles. The Bertz CT molecular complexity index is 1650. The smallest absolute Gasteiger partial charge is 0.220 e. The summed E-state index contributed by atoms with van der Waals surface area (Å²) in [4.78, 5) is 12.5. The maximum absolute atomic E-state index is 12.5. The molecular formula is C77H131NO3. The highest BCUT2D eigenvalue weighted by molar-refractivity contribution is 5.76. The Morgan fingerprint density at radius 1 is 0.309 bits per heavy atom. The summed E-state index contributed by atoms with van der Waals surface area (Å²) >= 11 is 0. The molecule has 2 atom stereocenters. The molecule has 0 aliphatic heterocycles. The van der Waals surface area contributed by atoms with Crippen molar-refractivity contribution < 1.29 is 15.0 Å². The maximum Gasteiger partial charge on any atom is 0.220 e. The molecule has 0 aromatic carbocycles. The van der Waals surface area contributed by atoms with Crippen molar-refractivity contribution in [3.05, 3.63) is 146 Å². The molecule has 0 saturated carbocycles. The fourth-order valence-corrected chi connectivity index (χ4v) is 9.85. The predicted octanol–water partition coefficient (Wildman–Crippen LogP) is 23.9. The van der Waals surface area contributed by atoms with Gasteiger partial charge >= 0.3 is 0 Å². The standard InChI is InChI=1S/C77H131NO3/c1-3-5-7-9-11-13-15-17-19-21-23-25-27-29-31-33-34-35-36-37-38-39-40-41-42-43-44-45-47-49-51-53-55-57-59-61-63-65-67-69-71-73-77(81)78-75(74-79)76(80)72-70-68-66-64-62-60-58-56-54-52-50-48-46-32-30-28-26-24-22-20-18-16-14-12-10-8-6-4-2/h5,7,11,13,17,19,23,25,29,31,34-35,37-38,40-41,43-44,54,56,62,64,70,72,75-76,79-80H,3-4,6,8-10,12,14-16,18,20-22,24,26-28,30,32-33,36,39,42,45-53,55,57-61,63,65-69,71,73-74H2,1-2H3,(H,78,81)/b7-5-,13-11-,19-17-,25-23-,31-29-,35-34-,38-37-,41-40-,44-43-,56-54+,64-62+,72-70+. The number of carbonyl (C=O) groups excluding carboxylic acids is 1. The molecule has 0 fully saturated rings. The van der Waals surface area contributed by atoms with Gasteiger partial charge in [0.05, 0.1) is 18.8 Å². The zero-order chi connectivity index (χ0) is 58.4. The van der Waals surface area contributed by atoms with Crippen molar-refractivity contribution in [2.24, 2.45) is 0 Å². The van der Waals surface area contributed by atoms with Gasteiger partial charge in [-0.2, -0.15) is 0 Å². The Kier molecular flexibility index (Phi) is 67.3. The first-order valence-corrected chi connectivity index (χ1v) is 34.5. The van der Waals surface area contributed by atoms with E-state index in [1.54, 1.807) is 6.08 Å². The lowest BCUT2D eigenvalue weighted by atomic mass is 10.0. The second kappa shape index (κ2) is 70.5. The Morgan fingerprint density at radius 3 is 0.864 bits per heavy atom. The highest BCUT2D eigenvalue weighted by Gasteiger charge is 2.18. The van der Waals surface area contributed by atoms with Gasteiger partial charge in [-0.05, 0) is 116 Å². The monoisotopic (exact) mass is 1120 g/mol. The SMILES string of the molecule is CC/C=C\C/C=C\C/C=C\C/C=C\C/C=C\C/C=C\C/C=C\C/C=C\C/C=C\CCCCCCCCCCCCCCCC(=O)NC(CO)C(O)/C=C/CC/C=C/CC/C=C/CCCCCCCCCCCCCCCCCCCC. The van der Waals surface area contributed by atoms with E-state index in [9.17, 15) is 15.0 Å². The molecule has 4 heteroatoms. The van der Waals surface area contributed by atoms with Crippen LogP contribution in [0, 0.1) is 0 Å². The molecule has 0 rings (SSSR count). The zero-order valence-electron chi connectivity index (χ0n) is 53.3. The molecule has 0 radical (unpaired) electrons. The van der Waals surface area contributed by atoms with Crippen molar-refractivity contribution in [2.45, 2.75) is 328 Å². The lowest BCUT2D eigenvalue weighted by Gasteiger charge is -2.19. The average molecular weight is 1120 g/mol. The zero-order valence-corrected chi connectivity index (χ0v) is 53.3. The van der Waals surface area contributed by atoms with Crippen LogP contribution >= 0.6 is 0 Å². The molecule has 0 bridgehead atoms. The number of nitrogens with one attached hydrogen (secondary N) is 1. The second-order valence-electron chi connectivity index (χ2n) is 22.8. The van der Waals surface area contributed by atoms with Crippen LogP contribution in [0.25, 0.3) is 0 Å². The lowest BCUT2D eigenvalue weighted by Crippen LogP contribution is -2.45. The van der Waals surface area contributed by atoms with Crippen LogP contribution in [0.5, 0.6) is 0 Å². The Hall–Kier alpha value is -3.73. The average Bonchev–Trinajstić information content (AvgIpc) is 3.47. The van der Waals surface area contributed by atoms with Gasteiger partial charge in [0.1, 0.15) is 0 Å². The van der Waals surface area contributed by atoms with E-state index in [-0.39, 0.29) is 12.5 Å². The van der Waals surface area contributed by atoms with Crippen LogP contribution < -0.4 is 5.32 Å². The molecule has 0 aliphatic carbocycles. The van der Waals surface area contributed by atoms with Gasteiger partial charge in [0, 0.05) is 6.42 Å². The van der Waals surface area contributed by atoms with Gasteiger partial charge in [0.2, 0.25) is 5.91 Å². The van der Waals surface area contributed by atoms with Crippen LogP contribution in [-0.2, 0) is 4.79 Å². The van der Waals surface area contributed by atoms with E-state index in [0.29, 0.717) is 6.42 Å². The van der Waals surface area contributed by atoms with E-state index in [1.165, 1.54) is 199 Å². The molecule has 2 unspecified atom stereocenters. The first-order valence-electron chi connectivity index (χ1n) is 34.5. The summed E-state index contributed by atoms with van der Waals surface area (Å²) in [7, 11) is 0. The molecule has 0 aromatic heterocycles. The van der Waals surface area contributed by atoms with E-state index in [2.05, 4.69) is 153 Å². The topological polar surface area (TPSA) is 69.6 Å². The van der Waals surface area contributed by atoms with Gasteiger partial charge < -0.3 is 15.5 Å². The third-order valence-corrected chi connectivity index (χ3v) is 15.0. The highest BCUT2D eigenvalue weighted by Crippen LogP contribution is 2.17. The predicted molar refractivity (Wildman–Crippen MR) is 363 cm³/mol.